The van der Waals surface area contributed by atoms with Gasteiger partial charge in [0.2, 0.25) is 0 Å². The molecule has 0 atom stereocenters. The van der Waals surface area contributed by atoms with Gasteiger partial charge in [0.15, 0.2) is 0 Å². The smallest absolute Gasteiger partial charge is 0.265 e. The molecule has 1 heterocycles. The van der Waals surface area contributed by atoms with Gasteiger partial charge in [-0.3, -0.25) is 4.79 Å². The second kappa shape index (κ2) is 5.25. The maximum Gasteiger partial charge on any atom is 0.265 e. The number of thiophene rings is 1. The fraction of sp³-hybridized carbons (Fsp3) is 0.267. The minimum absolute atomic E-state index is 0.0354. The number of carbonyl (C=O) groups is 1. The Kier molecular flexibility index (Phi) is 3.44. The SMILES string of the molecule is Nc1cc(NC(=O)c2cc3c(s2)CCCC3)ccc1F. The van der Waals surface area contributed by atoms with Crippen LogP contribution in [-0.4, -0.2) is 5.91 Å². The predicted molar refractivity (Wildman–Crippen MR) is 79.7 cm³/mol. The number of nitrogens with one attached hydrogen (secondary N) is 1. The Morgan fingerprint density at radius 2 is 2.05 bits per heavy atom. The van der Waals surface area contributed by atoms with E-state index in [4.69, 9.17) is 5.73 Å². The minimum atomic E-state index is -0.477. The number of nitrogens with two attached hydrogens (primary N) is 1. The molecule has 0 unspecified atom stereocenters. The van der Waals surface area contributed by atoms with Crippen LogP contribution in [0, 0.1) is 5.82 Å². The molecule has 3 N–H and O–H groups in total. The summed E-state index contributed by atoms with van der Waals surface area (Å²) in [5.41, 5.74) is 7.34. The molecule has 0 fully saturated rings. The first kappa shape index (κ1) is 13.1. The number of aryl methyl sites for hydroxylation is 2. The van der Waals surface area contributed by atoms with Crippen molar-refractivity contribution < 1.29 is 9.18 Å². The van der Waals surface area contributed by atoms with Crippen LogP contribution in [0.5, 0.6) is 0 Å². The zero-order chi connectivity index (χ0) is 14.1. The highest BCUT2D eigenvalue weighted by Gasteiger charge is 2.17. The van der Waals surface area contributed by atoms with Gasteiger partial charge in [-0.05, 0) is 55.5 Å². The lowest BCUT2D eigenvalue weighted by Gasteiger charge is -2.08. The molecule has 0 aliphatic heterocycles. The van der Waals surface area contributed by atoms with Crippen LogP contribution in [0.25, 0.3) is 0 Å². The van der Waals surface area contributed by atoms with Crippen LogP contribution in [-0.2, 0) is 12.8 Å². The van der Waals surface area contributed by atoms with Crippen LogP contribution in [0.4, 0.5) is 15.8 Å². The van der Waals surface area contributed by atoms with E-state index in [1.807, 2.05) is 6.07 Å². The number of hydrogen-bond donors (Lipinski definition) is 2. The van der Waals surface area contributed by atoms with Gasteiger partial charge in [-0.25, -0.2) is 4.39 Å². The van der Waals surface area contributed by atoms with E-state index >= 15 is 0 Å². The second-order valence-corrected chi connectivity index (χ2v) is 6.09. The van der Waals surface area contributed by atoms with Gasteiger partial charge >= 0.3 is 0 Å². The van der Waals surface area contributed by atoms with Crippen molar-refractivity contribution in [2.45, 2.75) is 25.7 Å². The molecule has 1 aliphatic rings. The average molecular weight is 290 g/mol. The van der Waals surface area contributed by atoms with Crippen molar-refractivity contribution in [2.75, 3.05) is 11.1 Å². The summed E-state index contributed by atoms with van der Waals surface area (Å²) < 4.78 is 13.1. The zero-order valence-electron chi connectivity index (χ0n) is 10.9. The number of rotatable bonds is 2. The van der Waals surface area contributed by atoms with Crippen molar-refractivity contribution in [2.24, 2.45) is 0 Å². The molecule has 1 amide bonds. The van der Waals surface area contributed by atoms with Gasteiger partial charge in [0.1, 0.15) is 5.82 Å². The highest BCUT2D eigenvalue weighted by Crippen LogP contribution is 2.30. The summed E-state index contributed by atoms with van der Waals surface area (Å²) in [5.74, 6) is -0.634. The van der Waals surface area contributed by atoms with E-state index in [1.165, 1.54) is 41.5 Å². The van der Waals surface area contributed by atoms with E-state index in [9.17, 15) is 9.18 Å². The molecule has 20 heavy (non-hydrogen) atoms. The Morgan fingerprint density at radius 1 is 1.25 bits per heavy atom. The maximum atomic E-state index is 13.1. The van der Waals surface area contributed by atoms with Crippen molar-refractivity contribution >= 4 is 28.6 Å². The highest BCUT2D eigenvalue weighted by molar-refractivity contribution is 7.14. The number of fused-ring (bicyclic) bond motifs is 1. The topological polar surface area (TPSA) is 55.1 Å². The van der Waals surface area contributed by atoms with Crippen molar-refractivity contribution in [1.82, 2.24) is 0 Å². The largest absolute Gasteiger partial charge is 0.396 e. The summed E-state index contributed by atoms with van der Waals surface area (Å²) in [5, 5.41) is 2.76. The van der Waals surface area contributed by atoms with Crippen molar-refractivity contribution in [3.63, 3.8) is 0 Å². The summed E-state index contributed by atoms with van der Waals surface area (Å²) >= 11 is 1.55. The van der Waals surface area contributed by atoms with E-state index in [0.29, 0.717) is 10.6 Å². The van der Waals surface area contributed by atoms with Gasteiger partial charge in [0, 0.05) is 10.6 Å². The van der Waals surface area contributed by atoms with Gasteiger partial charge < -0.3 is 11.1 Å². The second-order valence-electron chi connectivity index (χ2n) is 4.96. The van der Waals surface area contributed by atoms with Crippen LogP contribution in [0.1, 0.15) is 33.0 Å². The molecule has 0 saturated heterocycles. The van der Waals surface area contributed by atoms with E-state index in [2.05, 4.69) is 5.32 Å². The van der Waals surface area contributed by atoms with Crippen molar-refractivity contribution in [3.8, 4) is 0 Å². The Labute approximate surface area is 120 Å². The monoisotopic (exact) mass is 290 g/mol. The fourth-order valence-corrected chi connectivity index (χ4v) is 3.57. The molecule has 1 aromatic carbocycles. The molecule has 0 spiro atoms. The highest BCUT2D eigenvalue weighted by atomic mass is 32.1. The molecule has 0 bridgehead atoms. The van der Waals surface area contributed by atoms with Gasteiger partial charge in [0.25, 0.3) is 5.91 Å². The van der Waals surface area contributed by atoms with Gasteiger partial charge in [-0.1, -0.05) is 0 Å². The fourth-order valence-electron chi connectivity index (χ4n) is 2.42. The Hall–Kier alpha value is -1.88. The molecule has 3 rings (SSSR count). The number of amides is 1. The van der Waals surface area contributed by atoms with E-state index in [-0.39, 0.29) is 11.6 Å². The normalized spacial score (nSPS) is 13.8. The van der Waals surface area contributed by atoms with Gasteiger partial charge in [-0.15, -0.1) is 11.3 Å². The van der Waals surface area contributed by atoms with Crippen LogP contribution in [0.15, 0.2) is 24.3 Å². The summed E-state index contributed by atoms with van der Waals surface area (Å²) in [7, 11) is 0. The van der Waals surface area contributed by atoms with E-state index in [1.54, 1.807) is 11.3 Å². The zero-order valence-corrected chi connectivity index (χ0v) is 11.7. The standard InChI is InChI=1S/C15H15FN2OS/c16-11-6-5-10(8-12(11)17)18-15(19)14-7-9-3-1-2-4-13(9)20-14/h5-8H,1-4,17H2,(H,18,19). The van der Waals surface area contributed by atoms with Crippen LogP contribution in [0.2, 0.25) is 0 Å². The summed E-state index contributed by atoms with van der Waals surface area (Å²) in [6, 6.07) is 6.17. The number of carbonyl (C=O) groups excluding carboxylic acids is 1. The summed E-state index contributed by atoms with van der Waals surface area (Å²) in [4.78, 5) is 14.2. The van der Waals surface area contributed by atoms with E-state index < -0.39 is 5.82 Å². The van der Waals surface area contributed by atoms with Crippen LogP contribution in [0.3, 0.4) is 0 Å². The molecular formula is C15H15FN2OS. The Morgan fingerprint density at radius 3 is 2.80 bits per heavy atom. The number of halogens is 1. The summed E-state index contributed by atoms with van der Waals surface area (Å²) in [6.45, 7) is 0. The first-order valence-electron chi connectivity index (χ1n) is 6.61. The number of benzene rings is 1. The number of nitrogen functional groups attached to an aromatic ring is 1. The van der Waals surface area contributed by atoms with Gasteiger partial charge in [-0.2, -0.15) is 0 Å². The quantitative estimate of drug-likeness (QED) is 0.830. The maximum absolute atomic E-state index is 13.1. The average Bonchev–Trinajstić information content (AvgIpc) is 2.87. The van der Waals surface area contributed by atoms with Crippen molar-refractivity contribution in [3.05, 3.63) is 45.4 Å². The van der Waals surface area contributed by atoms with E-state index in [0.717, 1.165) is 12.8 Å². The summed E-state index contributed by atoms with van der Waals surface area (Å²) in [6.07, 6.45) is 4.52. The third-order valence-electron chi connectivity index (χ3n) is 3.47. The first-order valence-corrected chi connectivity index (χ1v) is 7.43. The lowest BCUT2D eigenvalue weighted by molar-refractivity contribution is 0.103. The lowest BCUT2D eigenvalue weighted by atomic mass is 9.99. The molecule has 2 aromatic rings. The lowest BCUT2D eigenvalue weighted by Crippen LogP contribution is -2.10. The molecule has 0 radical (unpaired) electrons. The van der Waals surface area contributed by atoms with Crippen LogP contribution < -0.4 is 11.1 Å². The third kappa shape index (κ3) is 2.54. The van der Waals surface area contributed by atoms with Crippen molar-refractivity contribution in [1.29, 1.82) is 0 Å². The minimum Gasteiger partial charge on any atom is -0.396 e. The number of hydrogen-bond acceptors (Lipinski definition) is 3. The Bertz CT molecular complexity index is 642. The first-order chi connectivity index (χ1) is 9.63. The van der Waals surface area contributed by atoms with Gasteiger partial charge in [0.05, 0.1) is 10.6 Å². The molecule has 1 aliphatic carbocycles. The molecule has 1 aromatic heterocycles. The third-order valence-corrected chi connectivity index (χ3v) is 4.71. The Balaban J connectivity index is 1.78. The predicted octanol–water partition coefficient (Wildman–Crippen LogP) is 3.60. The molecule has 3 nitrogen and oxygen atoms in total. The molecular weight excluding hydrogens is 275 g/mol. The molecule has 104 valence electrons. The molecule has 0 saturated carbocycles. The molecule has 5 heteroatoms. The van der Waals surface area contributed by atoms with Crippen LogP contribution >= 0.6 is 11.3 Å². The number of anilines is 2.